The Morgan fingerprint density at radius 3 is 2.59 bits per heavy atom. The third-order valence-corrected chi connectivity index (χ3v) is 6.55. The van der Waals surface area contributed by atoms with Crippen LogP contribution in [-0.4, -0.2) is 44.0 Å². The van der Waals surface area contributed by atoms with E-state index in [1.807, 2.05) is 26.0 Å². The van der Waals surface area contributed by atoms with Gasteiger partial charge in [-0.25, -0.2) is 14.2 Å². The molecular weight excluding hydrogens is 476 g/mol. The number of hydrogen-bond acceptors (Lipinski definition) is 7. The summed E-state index contributed by atoms with van der Waals surface area (Å²) in [4.78, 5) is 37.0. The van der Waals surface area contributed by atoms with Crippen molar-refractivity contribution >= 4 is 51.0 Å². The van der Waals surface area contributed by atoms with Crippen LogP contribution < -0.4 is 20.5 Å². The Hall–Kier alpha value is -2.98. The average Bonchev–Trinajstić information content (AvgIpc) is 3.31. The second kappa shape index (κ2) is 9.71. The number of benzene rings is 1. The standard InChI is InChI=1S/C23H27ClN6O3S/c1-13-11-15(14(2)25-17-7-8-18(24)26-20(17)21(31)28-34(4)33)19-16(12-13)22(32)29(3)23(27-19)30-9-5-6-10-30/h7-8,11-12,14,25H,5-6,9-10H2,1-4H3,(H,28,31). The molecule has 0 aliphatic carbocycles. The summed E-state index contributed by atoms with van der Waals surface area (Å²) < 4.78 is 15.5. The van der Waals surface area contributed by atoms with Crippen molar-refractivity contribution in [2.75, 3.05) is 29.6 Å². The molecule has 1 amide bonds. The third kappa shape index (κ3) is 4.78. The van der Waals surface area contributed by atoms with Crippen molar-refractivity contribution in [3.8, 4) is 0 Å². The predicted octanol–water partition coefficient (Wildman–Crippen LogP) is 3.09. The predicted molar refractivity (Wildman–Crippen MR) is 136 cm³/mol. The normalized spacial score (nSPS) is 15.4. The summed E-state index contributed by atoms with van der Waals surface area (Å²) in [5, 5.41) is 4.00. The van der Waals surface area contributed by atoms with Gasteiger partial charge in [0.2, 0.25) is 5.95 Å². The monoisotopic (exact) mass is 502 g/mol. The van der Waals surface area contributed by atoms with Crippen LogP contribution in [0, 0.1) is 6.92 Å². The number of anilines is 2. The number of nitrogens with one attached hydrogen (secondary N) is 2. The van der Waals surface area contributed by atoms with Gasteiger partial charge in [0.05, 0.1) is 22.6 Å². The molecule has 1 saturated heterocycles. The molecular formula is C23H27ClN6O3S. The van der Waals surface area contributed by atoms with Crippen LogP contribution in [0.5, 0.6) is 0 Å². The first-order chi connectivity index (χ1) is 16.2. The zero-order chi connectivity index (χ0) is 24.6. The molecule has 0 bridgehead atoms. The zero-order valence-corrected chi connectivity index (χ0v) is 21.1. The first-order valence-corrected chi connectivity index (χ1v) is 12.9. The minimum atomic E-state index is -1.55. The van der Waals surface area contributed by atoms with Crippen LogP contribution >= 0.6 is 11.6 Å². The summed E-state index contributed by atoms with van der Waals surface area (Å²) in [6.07, 6.45) is 3.51. The van der Waals surface area contributed by atoms with E-state index in [1.165, 1.54) is 6.26 Å². The molecule has 4 rings (SSSR count). The summed E-state index contributed by atoms with van der Waals surface area (Å²) in [5.74, 6) is 0.0569. The fourth-order valence-corrected chi connectivity index (χ4v) is 4.79. The van der Waals surface area contributed by atoms with Crippen LogP contribution in [0.2, 0.25) is 5.15 Å². The second-order valence-electron chi connectivity index (χ2n) is 8.50. The molecule has 1 aliphatic heterocycles. The largest absolute Gasteiger partial charge is 0.377 e. The highest BCUT2D eigenvalue weighted by Crippen LogP contribution is 2.29. The third-order valence-electron chi connectivity index (χ3n) is 5.87. The van der Waals surface area contributed by atoms with E-state index in [-0.39, 0.29) is 22.4 Å². The maximum absolute atomic E-state index is 13.2. The molecule has 2 unspecified atom stereocenters. The molecule has 0 radical (unpaired) electrons. The molecule has 3 heterocycles. The molecule has 0 spiro atoms. The van der Waals surface area contributed by atoms with Crippen LogP contribution in [0.4, 0.5) is 11.6 Å². The molecule has 2 aromatic heterocycles. The lowest BCUT2D eigenvalue weighted by Gasteiger charge is -2.23. The Balaban J connectivity index is 1.79. The summed E-state index contributed by atoms with van der Waals surface area (Å²) in [6.45, 7) is 5.60. The van der Waals surface area contributed by atoms with E-state index in [1.54, 1.807) is 23.7 Å². The topological polar surface area (TPSA) is 109 Å². The highest BCUT2D eigenvalue weighted by molar-refractivity contribution is 7.82. The number of carbonyl (C=O) groups excluding carboxylic acids is 1. The zero-order valence-electron chi connectivity index (χ0n) is 19.5. The Bertz CT molecular complexity index is 1350. The van der Waals surface area contributed by atoms with E-state index in [0.717, 1.165) is 37.1 Å². The summed E-state index contributed by atoms with van der Waals surface area (Å²) >= 11 is 6.02. The Labute approximate surface area is 205 Å². The van der Waals surface area contributed by atoms with E-state index in [9.17, 15) is 13.8 Å². The molecule has 0 saturated carbocycles. The van der Waals surface area contributed by atoms with Gasteiger partial charge in [0, 0.05) is 32.0 Å². The number of pyridine rings is 1. The number of carbonyl (C=O) groups is 1. The molecule has 34 heavy (non-hydrogen) atoms. The van der Waals surface area contributed by atoms with Gasteiger partial charge in [0.25, 0.3) is 11.5 Å². The molecule has 180 valence electrons. The number of hydrogen-bond donors (Lipinski definition) is 2. The van der Waals surface area contributed by atoms with Crippen molar-refractivity contribution in [2.45, 2.75) is 32.7 Å². The minimum Gasteiger partial charge on any atom is -0.377 e. The summed E-state index contributed by atoms with van der Waals surface area (Å²) in [5.41, 5.74) is 2.75. The molecule has 1 aromatic carbocycles. The van der Waals surface area contributed by atoms with Crippen LogP contribution in [-0.2, 0) is 18.0 Å². The number of aromatic nitrogens is 3. The highest BCUT2D eigenvalue weighted by atomic mass is 35.5. The molecule has 1 fully saturated rings. The molecule has 11 heteroatoms. The lowest BCUT2D eigenvalue weighted by atomic mass is 10.0. The van der Waals surface area contributed by atoms with Crippen LogP contribution in [0.1, 0.15) is 47.4 Å². The van der Waals surface area contributed by atoms with E-state index in [2.05, 4.69) is 19.9 Å². The maximum Gasteiger partial charge on any atom is 0.283 e. The molecule has 2 N–H and O–H groups in total. The lowest BCUT2D eigenvalue weighted by Crippen LogP contribution is -2.30. The van der Waals surface area contributed by atoms with Crippen molar-refractivity contribution in [2.24, 2.45) is 7.05 Å². The van der Waals surface area contributed by atoms with E-state index < -0.39 is 16.9 Å². The Kier molecular flexibility index (Phi) is 6.90. The first kappa shape index (κ1) is 24.2. The molecule has 2 atom stereocenters. The quantitative estimate of drug-likeness (QED) is 0.498. The first-order valence-electron chi connectivity index (χ1n) is 11.0. The van der Waals surface area contributed by atoms with Gasteiger partial charge in [-0.05, 0) is 50.5 Å². The van der Waals surface area contributed by atoms with E-state index >= 15 is 0 Å². The number of nitrogens with zero attached hydrogens (tertiary/aromatic N) is 4. The molecule has 3 aromatic rings. The van der Waals surface area contributed by atoms with Crippen molar-refractivity contribution in [3.63, 3.8) is 0 Å². The van der Waals surface area contributed by atoms with E-state index in [0.29, 0.717) is 22.5 Å². The van der Waals surface area contributed by atoms with Gasteiger partial charge in [-0.3, -0.25) is 18.9 Å². The van der Waals surface area contributed by atoms with Gasteiger partial charge in [-0.15, -0.1) is 0 Å². The average molecular weight is 503 g/mol. The SMILES string of the molecule is Cc1cc(C(C)Nc2ccc(Cl)nc2C(=O)NS(C)=O)c2nc(N3CCCC3)n(C)c(=O)c2c1. The second-order valence-corrected chi connectivity index (χ2v) is 10.0. The fourth-order valence-electron chi connectivity index (χ4n) is 4.29. The summed E-state index contributed by atoms with van der Waals surface area (Å²) in [6, 6.07) is 6.75. The van der Waals surface area contributed by atoms with Gasteiger partial charge in [-0.1, -0.05) is 17.7 Å². The fraction of sp³-hybridized carbons (Fsp3) is 0.391. The maximum atomic E-state index is 13.2. The van der Waals surface area contributed by atoms with Crippen molar-refractivity contribution in [3.05, 3.63) is 56.6 Å². The Morgan fingerprint density at radius 2 is 1.91 bits per heavy atom. The number of fused-ring (bicyclic) bond motifs is 1. The van der Waals surface area contributed by atoms with Crippen molar-refractivity contribution in [1.82, 2.24) is 19.3 Å². The summed E-state index contributed by atoms with van der Waals surface area (Å²) in [7, 11) is 0.205. The van der Waals surface area contributed by atoms with Gasteiger partial charge in [0.15, 0.2) is 5.69 Å². The number of amides is 1. The van der Waals surface area contributed by atoms with Crippen LogP contribution in [0.3, 0.4) is 0 Å². The molecule has 9 nitrogen and oxygen atoms in total. The molecule has 1 aliphatic rings. The lowest BCUT2D eigenvalue weighted by molar-refractivity contribution is 0.0979. The van der Waals surface area contributed by atoms with Crippen LogP contribution in [0.15, 0.2) is 29.1 Å². The van der Waals surface area contributed by atoms with Gasteiger partial charge >= 0.3 is 0 Å². The van der Waals surface area contributed by atoms with Crippen molar-refractivity contribution < 1.29 is 9.00 Å². The van der Waals surface area contributed by atoms with Gasteiger partial charge in [0.1, 0.15) is 16.1 Å². The smallest absolute Gasteiger partial charge is 0.283 e. The van der Waals surface area contributed by atoms with Crippen molar-refractivity contribution in [1.29, 1.82) is 0 Å². The Morgan fingerprint density at radius 1 is 1.21 bits per heavy atom. The number of halogens is 1. The number of aryl methyl sites for hydroxylation is 1. The van der Waals surface area contributed by atoms with E-state index in [4.69, 9.17) is 16.6 Å². The number of rotatable bonds is 6. The van der Waals surface area contributed by atoms with Crippen LogP contribution in [0.25, 0.3) is 10.9 Å². The van der Waals surface area contributed by atoms with Gasteiger partial charge < -0.3 is 10.2 Å². The highest BCUT2D eigenvalue weighted by Gasteiger charge is 2.23. The minimum absolute atomic E-state index is 0.0353. The van der Waals surface area contributed by atoms with Gasteiger partial charge in [-0.2, -0.15) is 0 Å².